The Morgan fingerprint density at radius 2 is 1.69 bits per heavy atom. The number of hydrogen-bond donors (Lipinski definition) is 0. The third-order valence-electron chi connectivity index (χ3n) is 5.39. The van der Waals surface area contributed by atoms with Gasteiger partial charge in [-0.15, -0.1) is 0 Å². The van der Waals surface area contributed by atoms with Gasteiger partial charge in [0.1, 0.15) is 0 Å². The van der Waals surface area contributed by atoms with Gasteiger partial charge in [-0.1, -0.05) is 50.0 Å². The maximum absolute atomic E-state index is 2.65. The Morgan fingerprint density at radius 1 is 1.06 bits per heavy atom. The highest BCUT2D eigenvalue weighted by atomic mass is 14.5. The van der Waals surface area contributed by atoms with Crippen LogP contribution in [0.2, 0.25) is 0 Å². The molecule has 0 saturated heterocycles. The van der Waals surface area contributed by atoms with E-state index in [2.05, 4.69) is 32.9 Å². The number of hydrogen-bond acceptors (Lipinski definition) is 0. The van der Waals surface area contributed by atoms with Gasteiger partial charge in [0, 0.05) is 10.8 Å². The molecule has 0 spiro atoms. The van der Waals surface area contributed by atoms with E-state index in [1.54, 1.807) is 5.57 Å². The monoisotopic (exact) mass is 216 g/mol. The molecule has 0 N–H and O–H groups in total. The van der Waals surface area contributed by atoms with Crippen molar-refractivity contribution in [3.8, 4) is 0 Å². The van der Waals surface area contributed by atoms with Gasteiger partial charge < -0.3 is 0 Å². The first-order chi connectivity index (χ1) is 7.54. The molecule has 0 heteroatoms. The highest BCUT2D eigenvalue weighted by Gasteiger charge is 2.45. The van der Waals surface area contributed by atoms with Crippen LogP contribution in [0.5, 0.6) is 0 Å². The normalized spacial score (nSPS) is 40.8. The van der Waals surface area contributed by atoms with Crippen molar-refractivity contribution in [2.24, 2.45) is 16.7 Å². The highest BCUT2D eigenvalue weighted by Crippen LogP contribution is 2.58. The van der Waals surface area contributed by atoms with Crippen molar-refractivity contribution in [3.05, 3.63) is 23.3 Å². The lowest BCUT2D eigenvalue weighted by Crippen LogP contribution is -2.38. The van der Waals surface area contributed by atoms with Crippen molar-refractivity contribution >= 4 is 0 Å². The van der Waals surface area contributed by atoms with Crippen LogP contribution in [0.1, 0.15) is 59.3 Å². The maximum atomic E-state index is 2.65. The molecule has 0 atom stereocenters. The van der Waals surface area contributed by atoms with Gasteiger partial charge in [-0.3, -0.25) is 0 Å². The zero-order valence-corrected chi connectivity index (χ0v) is 11.0. The summed E-state index contributed by atoms with van der Waals surface area (Å²) in [5.41, 5.74) is 4.23. The van der Waals surface area contributed by atoms with Gasteiger partial charge in [-0.2, -0.15) is 0 Å². The SMILES string of the molecule is CC1=CC23CCCC(CCC2)C3=CC1(C)C. The molecule has 16 heavy (non-hydrogen) atoms. The Balaban J connectivity index is 2.10. The topological polar surface area (TPSA) is 0 Å². The number of allylic oxidation sites excluding steroid dienone is 4. The van der Waals surface area contributed by atoms with E-state index >= 15 is 0 Å². The van der Waals surface area contributed by atoms with E-state index in [0.717, 1.165) is 5.92 Å². The molecule has 0 aliphatic heterocycles. The van der Waals surface area contributed by atoms with Gasteiger partial charge in [0.05, 0.1) is 0 Å². The van der Waals surface area contributed by atoms with Crippen LogP contribution in [-0.4, -0.2) is 0 Å². The third-order valence-corrected chi connectivity index (χ3v) is 5.39. The molecule has 0 unspecified atom stereocenters. The van der Waals surface area contributed by atoms with Crippen molar-refractivity contribution in [3.63, 3.8) is 0 Å². The molecule has 0 radical (unpaired) electrons. The Hall–Kier alpha value is -0.520. The van der Waals surface area contributed by atoms with Crippen LogP contribution in [0.15, 0.2) is 23.3 Å². The zero-order valence-electron chi connectivity index (χ0n) is 11.0. The van der Waals surface area contributed by atoms with Gasteiger partial charge in [0.25, 0.3) is 0 Å². The van der Waals surface area contributed by atoms with E-state index in [9.17, 15) is 0 Å². The smallest absolute Gasteiger partial charge is 0.00967 e. The summed E-state index contributed by atoms with van der Waals surface area (Å²) < 4.78 is 0. The molecule has 3 aliphatic rings. The van der Waals surface area contributed by atoms with E-state index in [1.807, 2.05) is 5.57 Å². The quantitative estimate of drug-likeness (QED) is 0.507. The van der Waals surface area contributed by atoms with Crippen LogP contribution < -0.4 is 0 Å². The van der Waals surface area contributed by atoms with Gasteiger partial charge in [0.15, 0.2) is 0 Å². The predicted molar refractivity (Wildman–Crippen MR) is 69.2 cm³/mol. The molecule has 2 saturated carbocycles. The molecule has 2 bridgehead atoms. The zero-order chi connectivity index (χ0) is 11.4. The second-order valence-electron chi connectivity index (χ2n) is 6.79. The van der Waals surface area contributed by atoms with Crippen LogP contribution in [0.25, 0.3) is 0 Å². The Morgan fingerprint density at radius 3 is 2.31 bits per heavy atom. The minimum absolute atomic E-state index is 0.311. The van der Waals surface area contributed by atoms with E-state index in [4.69, 9.17) is 0 Å². The summed E-state index contributed by atoms with van der Waals surface area (Å²) in [7, 11) is 0. The lowest BCUT2D eigenvalue weighted by Gasteiger charge is -2.51. The summed E-state index contributed by atoms with van der Waals surface area (Å²) in [6.07, 6.45) is 13.9. The first-order valence-electron chi connectivity index (χ1n) is 6.97. The Kier molecular flexibility index (Phi) is 2.15. The van der Waals surface area contributed by atoms with Crippen LogP contribution >= 0.6 is 0 Å². The van der Waals surface area contributed by atoms with E-state index in [-0.39, 0.29) is 0 Å². The summed E-state index contributed by atoms with van der Waals surface area (Å²) in [6.45, 7) is 7.09. The van der Waals surface area contributed by atoms with Crippen LogP contribution in [0, 0.1) is 16.7 Å². The largest absolute Gasteiger partial charge is 0.0745 e. The first-order valence-corrected chi connectivity index (χ1v) is 6.97. The van der Waals surface area contributed by atoms with Gasteiger partial charge in [-0.05, 0) is 38.5 Å². The van der Waals surface area contributed by atoms with Crippen LogP contribution in [-0.2, 0) is 0 Å². The minimum atomic E-state index is 0.311. The summed E-state index contributed by atoms with van der Waals surface area (Å²) >= 11 is 0. The minimum Gasteiger partial charge on any atom is -0.0745 e. The van der Waals surface area contributed by atoms with Crippen LogP contribution in [0.3, 0.4) is 0 Å². The van der Waals surface area contributed by atoms with Crippen molar-refractivity contribution in [1.82, 2.24) is 0 Å². The molecule has 0 aromatic rings. The molecule has 0 nitrogen and oxygen atoms in total. The standard InChI is InChI=1S/C16H24/c1-12-10-16-8-4-6-13(7-5-9-16)14(16)11-15(12,2)3/h10-11,13H,4-9H2,1-3H3. The average molecular weight is 216 g/mol. The fourth-order valence-electron chi connectivity index (χ4n) is 4.20. The fourth-order valence-corrected chi connectivity index (χ4v) is 4.20. The second kappa shape index (κ2) is 3.24. The molecule has 88 valence electrons. The highest BCUT2D eigenvalue weighted by molar-refractivity contribution is 5.39. The Bertz CT molecular complexity index is 357. The third kappa shape index (κ3) is 1.35. The van der Waals surface area contributed by atoms with Gasteiger partial charge in [-0.25, -0.2) is 0 Å². The van der Waals surface area contributed by atoms with Gasteiger partial charge in [0.2, 0.25) is 0 Å². The fraction of sp³-hybridized carbons (Fsp3) is 0.750. The lowest BCUT2D eigenvalue weighted by atomic mass is 9.54. The lowest BCUT2D eigenvalue weighted by molar-refractivity contribution is 0.198. The van der Waals surface area contributed by atoms with Crippen molar-refractivity contribution < 1.29 is 0 Å². The molecule has 3 aliphatic carbocycles. The summed E-state index contributed by atoms with van der Waals surface area (Å²) in [4.78, 5) is 0. The molecule has 0 aromatic carbocycles. The van der Waals surface area contributed by atoms with Crippen LogP contribution in [0.4, 0.5) is 0 Å². The summed E-state index contributed by atoms with van der Waals surface area (Å²) in [6, 6.07) is 0. The molecular weight excluding hydrogens is 192 g/mol. The molecular formula is C16H24. The summed E-state index contributed by atoms with van der Waals surface area (Å²) in [5.74, 6) is 0.922. The first kappa shape index (κ1) is 10.6. The van der Waals surface area contributed by atoms with Gasteiger partial charge >= 0.3 is 0 Å². The molecule has 0 heterocycles. The molecule has 3 rings (SSSR count). The van der Waals surface area contributed by atoms with E-state index < -0.39 is 0 Å². The van der Waals surface area contributed by atoms with Crippen molar-refractivity contribution in [1.29, 1.82) is 0 Å². The summed E-state index contributed by atoms with van der Waals surface area (Å²) in [5, 5.41) is 0. The number of rotatable bonds is 0. The maximum Gasteiger partial charge on any atom is 0.00967 e. The molecule has 0 aromatic heterocycles. The second-order valence-corrected chi connectivity index (χ2v) is 6.79. The van der Waals surface area contributed by atoms with Crippen molar-refractivity contribution in [2.45, 2.75) is 59.3 Å². The van der Waals surface area contributed by atoms with E-state index in [0.29, 0.717) is 10.8 Å². The average Bonchev–Trinajstić information content (AvgIpc) is 2.17. The van der Waals surface area contributed by atoms with Crippen molar-refractivity contribution in [2.75, 3.05) is 0 Å². The molecule has 0 amide bonds. The van der Waals surface area contributed by atoms with E-state index in [1.165, 1.54) is 38.5 Å². The predicted octanol–water partition coefficient (Wildman–Crippen LogP) is 4.87. The molecule has 2 fully saturated rings. The Labute approximate surface area is 99.8 Å².